The first-order valence-corrected chi connectivity index (χ1v) is 8.96. The fourth-order valence-electron chi connectivity index (χ4n) is 3.54. The Balaban J connectivity index is 1.95. The van der Waals surface area contributed by atoms with Crippen molar-refractivity contribution in [2.24, 2.45) is 11.8 Å². The molecule has 7 heteroatoms. The Kier molecular flexibility index (Phi) is 6.45. The summed E-state index contributed by atoms with van der Waals surface area (Å²) in [6.45, 7) is 5.25. The van der Waals surface area contributed by atoms with Crippen LogP contribution in [-0.2, 0) is 9.59 Å². The van der Waals surface area contributed by atoms with Gasteiger partial charge in [0.15, 0.2) is 0 Å². The summed E-state index contributed by atoms with van der Waals surface area (Å²) >= 11 is 0. The first-order valence-electron chi connectivity index (χ1n) is 8.96. The van der Waals surface area contributed by atoms with Gasteiger partial charge in [0, 0.05) is 19.1 Å². The molecule has 1 aliphatic heterocycles. The minimum absolute atomic E-state index is 0.000820. The molecule has 1 saturated heterocycles. The first kappa shape index (κ1) is 18.5. The van der Waals surface area contributed by atoms with Crippen LogP contribution < -0.4 is 10.6 Å². The van der Waals surface area contributed by atoms with E-state index in [9.17, 15) is 14.4 Å². The molecule has 0 aromatic heterocycles. The van der Waals surface area contributed by atoms with E-state index in [1.807, 2.05) is 13.8 Å². The maximum absolute atomic E-state index is 12.7. The van der Waals surface area contributed by atoms with Gasteiger partial charge in [0.05, 0.1) is 5.92 Å². The number of hydrogen-bond acceptors (Lipinski definition) is 3. The van der Waals surface area contributed by atoms with E-state index < -0.39 is 12.0 Å². The topological polar surface area (TPSA) is 98.7 Å². The average Bonchev–Trinajstić information content (AvgIpc) is 2.70. The van der Waals surface area contributed by atoms with Gasteiger partial charge in [-0.3, -0.25) is 9.59 Å². The van der Waals surface area contributed by atoms with Crippen molar-refractivity contribution in [1.29, 1.82) is 0 Å². The van der Waals surface area contributed by atoms with Crippen molar-refractivity contribution in [2.45, 2.75) is 64.5 Å². The van der Waals surface area contributed by atoms with E-state index in [4.69, 9.17) is 5.11 Å². The van der Waals surface area contributed by atoms with E-state index in [-0.39, 0.29) is 23.9 Å². The highest BCUT2D eigenvalue weighted by Gasteiger charge is 2.34. The van der Waals surface area contributed by atoms with Gasteiger partial charge in [0.2, 0.25) is 5.91 Å². The molecule has 3 amide bonds. The van der Waals surface area contributed by atoms with Crippen LogP contribution in [0.5, 0.6) is 0 Å². The zero-order chi connectivity index (χ0) is 17.7. The molecule has 1 heterocycles. The fourth-order valence-corrected chi connectivity index (χ4v) is 3.54. The van der Waals surface area contributed by atoms with Crippen LogP contribution in [-0.4, -0.2) is 53.1 Å². The lowest BCUT2D eigenvalue weighted by molar-refractivity contribution is -0.142. The summed E-state index contributed by atoms with van der Waals surface area (Å²) in [4.78, 5) is 37.6. The molecular weight excluding hydrogens is 310 g/mol. The lowest BCUT2D eigenvalue weighted by Crippen LogP contribution is -2.53. The van der Waals surface area contributed by atoms with Crippen LogP contribution in [0.1, 0.15) is 52.4 Å². The van der Waals surface area contributed by atoms with Gasteiger partial charge in [-0.1, -0.05) is 13.8 Å². The molecule has 1 aliphatic carbocycles. The highest BCUT2D eigenvalue weighted by atomic mass is 16.4. The van der Waals surface area contributed by atoms with E-state index in [1.165, 1.54) is 0 Å². The molecule has 0 aromatic rings. The van der Waals surface area contributed by atoms with E-state index in [1.54, 1.807) is 4.90 Å². The zero-order valence-electron chi connectivity index (χ0n) is 14.6. The lowest BCUT2D eigenvalue weighted by Gasteiger charge is -2.33. The third-order valence-electron chi connectivity index (χ3n) is 4.91. The maximum atomic E-state index is 12.7. The molecule has 2 fully saturated rings. The molecule has 0 aromatic carbocycles. The predicted octanol–water partition coefficient (Wildman–Crippen LogP) is 1.58. The Bertz CT molecular complexity index is 472. The number of carbonyl (C=O) groups excluding carboxylic acids is 2. The highest BCUT2D eigenvalue weighted by Crippen LogP contribution is 2.25. The van der Waals surface area contributed by atoms with Gasteiger partial charge in [-0.2, -0.15) is 0 Å². The second-order valence-corrected chi connectivity index (χ2v) is 7.32. The number of rotatable bonds is 4. The number of aliphatic carboxylic acids is 1. The van der Waals surface area contributed by atoms with Gasteiger partial charge in [0.1, 0.15) is 6.04 Å². The number of nitrogens with zero attached hydrogens (tertiary/aromatic N) is 1. The van der Waals surface area contributed by atoms with E-state index in [0.29, 0.717) is 51.1 Å². The molecule has 3 N–H and O–H groups in total. The molecule has 2 rings (SSSR count). The summed E-state index contributed by atoms with van der Waals surface area (Å²) < 4.78 is 0. The van der Waals surface area contributed by atoms with E-state index >= 15 is 0 Å². The van der Waals surface area contributed by atoms with Gasteiger partial charge in [0.25, 0.3) is 0 Å². The number of amides is 3. The predicted molar refractivity (Wildman–Crippen MR) is 89.5 cm³/mol. The molecule has 7 nitrogen and oxygen atoms in total. The molecule has 1 saturated carbocycles. The highest BCUT2D eigenvalue weighted by molar-refractivity contribution is 5.87. The number of carboxylic acids is 1. The standard InChI is InChI=1S/C17H29N3O4/c1-11(2)10-14-15(21)18-8-3-9-20(14)17(24)19-13-6-4-12(5-7-13)16(22)23/h11-14H,3-10H2,1-2H3,(H,18,21)(H,19,24)(H,22,23). The summed E-state index contributed by atoms with van der Waals surface area (Å²) in [6.07, 6.45) is 3.94. The molecule has 24 heavy (non-hydrogen) atoms. The smallest absolute Gasteiger partial charge is 0.318 e. The van der Waals surface area contributed by atoms with Crippen molar-refractivity contribution in [1.82, 2.24) is 15.5 Å². The van der Waals surface area contributed by atoms with E-state index in [0.717, 1.165) is 6.42 Å². The number of carboxylic acid groups (broad SMARTS) is 1. The molecular formula is C17H29N3O4. The number of hydrogen-bond donors (Lipinski definition) is 3. The number of urea groups is 1. The Labute approximate surface area is 143 Å². The van der Waals surface area contributed by atoms with Crippen LogP contribution in [0.3, 0.4) is 0 Å². The first-order chi connectivity index (χ1) is 11.4. The molecule has 1 unspecified atom stereocenters. The van der Waals surface area contributed by atoms with Gasteiger partial charge in [-0.05, 0) is 44.4 Å². The second kappa shape index (κ2) is 8.35. The number of nitrogens with one attached hydrogen (secondary N) is 2. The van der Waals surface area contributed by atoms with E-state index in [2.05, 4.69) is 10.6 Å². The summed E-state index contributed by atoms with van der Waals surface area (Å²) in [5.41, 5.74) is 0. The van der Waals surface area contributed by atoms with Gasteiger partial charge >= 0.3 is 12.0 Å². The Morgan fingerprint density at radius 3 is 2.54 bits per heavy atom. The second-order valence-electron chi connectivity index (χ2n) is 7.32. The molecule has 136 valence electrons. The van der Waals surface area contributed by atoms with Gasteiger partial charge < -0.3 is 20.6 Å². The number of carbonyl (C=O) groups is 3. The molecule has 1 atom stereocenters. The summed E-state index contributed by atoms with van der Waals surface area (Å²) in [7, 11) is 0. The third kappa shape index (κ3) is 4.85. The average molecular weight is 339 g/mol. The third-order valence-corrected chi connectivity index (χ3v) is 4.91. The SMILES string of the molecule is CC(C)CC1C(=O)NCCCN1C(=O)NC1CCC(C(=O)O)CC1. The maximum Gasteiger partial charge on any atom is 0.318 e. The zero-order valence-corrected chi connectivity index (χ0v) is 14.6. The van der Waals surface area contributed by atoms with Crippen LogP contribution in [0, 0.1) is 11.8 Å². The minimum Gasteiger partial charge on any atom is -0.481 e. The Hall–Kier alpha value is -1.79. The van der Waals surface area contributed by atoms with Crippen molar-refractivity contribution in [2.75, 3.05) is 13.1 Å². The van der Waals surface area contributed by atoms with Crippen LogP contribution in [0.4, 0.5) is 4.79 Å². The molecule has 2 aliphatic rings. The van der Waals surface area contributed by atoms with Gasteiger partial charge in [-0.15, -0.1) is 0 Å². The van der Waals surface area contributed by atoms with Crippen molar-refractivity contribution >= 4 is 17.9 Å². The van der Waals surface area contributed by atoms with Crippen LogP contribution >= 0.6 is 0 Å². The minimum atomic E-state index is -0.749. The summed E-state index contributed by atoms with van der Waals surface area (Å²) in [6, 6.07) is -0.626. The Morgan fingerprint density at radius 1 is 1.29 bits per heavy atom. The van der Waals surface area contributed by atoms with Crippen molar-refractivity contribution in [3.63, 3.8) is 0 Å². The molecule has 0 bridgehead atoms. The van der Waals surface area contributed by atoms with Crippen molar-refractivity contribution < 1.29 is 19.5 Å². The lowest BCUT2D eigenvalue weighted by atomic mass is 9.86. The van der Waals surface area contributed by atoms with Crippen molar-refractivity contribution in [3.05, 3.63) is 0 Å². The molecule has 0 spiro atoms. The molecule has 0 radical (unpaired) electrons. The Morgan fingerprint density at radius 2 is 1.96 bits per heavy atom. The fraction of sp³-hybridized carbons (Fsp3) is 0.824. The summed E-state index contributed by atoms with van der Waals surface area (Å²) in [5.74, 6) is -0.803. The van der Waals surface area contributed by atoms with Crippen molar-refractivity contribution in [3.8, 4) is 0 Å². The summed E-state index contributed by atoms with van der Waals surface area (Å²) in [5, 5.41) is 14.9. The van der Waals surface area contributed by atoms with Crippen LogP contribution in [0.2, 0.25) is 0 Å². The van der Waals surface area contributed by atoms with Crippen LogP contribution in [0.25, 0.3) is 0 Å². The monoisotopic (exact) mass is 339 g/mol. The normalized spacial score (nSPS) is 28.2. The quantitative estimate of drug-likeness (QED) is 0.724. The van der Waals surface area contributed by atoms with Crippen LogP contribution in [0.15, 0.2) is 0 Å². The largest absolute Gasteiger partial charge is 0.481 e. The van der Waals surface area contributed by atoms with Gasteiger partial charge in [-0.25, -0.2) is 4.79 Å².